The highest BCUT2D eigenvalue weighted by atomic mass is 16.2. The van der Waals surface area contributed by atoms with Gasteiger partial charge in [-0.2, -0.15) is 0 Å². The summed E-state index contributed by atoms with van der Waals surface area (Å²) in [6, 6.07) is 14.4. The van der Waals surface area contributed by atoms with Crippen molar-refractivity contribution in [2.45, 2.75) is 13.3 Å². The Morgan fingerprint density at radius 2 is 1.60 bits per heavy atom. The van der Waals surface area contributed by atoms with Crippen molar-refractivity contribution >= 4 is 29.1 Å². The summed E-state index contributed by atoms with van der Waals surface area (Å²) in [5, 5.41) is 2.89. The maximum Gasteiger partial charge on any atom is 0.255 e. The van der Waals surface area contributed by atoms with Crippen molar-refractivity contribution in [3.05, 3.63) is 71.8 Å². The zero-order valence-corrected chi connectivity index (χ0v) is 16.6. The number of amides is 3. The summed E-state index contributed by atoms with van der Waals surface area (Å²) in [5.41, 5.74) is 2.68. The van der Waals surface area contributed by atoms with Crippen molar-refractivity contribution in [2.75, 3.05) is 10.2 Å². The monoisotopic (exact) mass is 398 g/mol. The SMILES string of the molecule is Cc1cccc(NC(=O)c2cccc(N3C(=O)[C@@H]4[C@H]5C=C[C@@H]([C@@H]6C[C@@H]56)[C@@H]4C3=O)c2)c1. The molecule has 2 aromatic carbocycles. The fourth-order valence-corrected chi connectivity index (χ4v) is 5.92. The summed E-state index contributed by atoms with van der Waals surface area (Å²) < 4.78 is 0. The van der Waals surface area contributed by atoms with Gasteiger partial charge in [-0.3, -0.25) is 14.4 Å². The van der Waals surface area contributed by atoms with Gasteiger partial charge >= 0.3 is 0 Å². The highest BCUT2D eigenvalue weighted by Crippen LogP contribution is 2.65. The van der Waals surface area contributed by atoms with Crippen LogP contribution in [-0.4, -0.2) is 17.7 Å². The molecule has 5 aliphatic rings. The van der Waals surface area contributed by atoms with Crippen LogP contribution in [0.25, 0.3) is 0 Å². The minimum Gasteiger partial charge on any atom is -0.322 e. The van der Waals surface area contributed by atoms with Crippen LogP contribution in [0.3, 0.4) is 0 Å². The zero-order chi connectivity index (χ0) is 20.6. The van der Waals surface area contributed by atoms with Crippen molar-refractivity contribution in [3.8, 4) is 0 Å². The average molecular weight is 398 g/mol. The Morgan fingerprint density at radius 3 is 2.27 bits per heavy atom. The summed E-state index contributed by atoms with van der Waals surface area (Å²) in [5.74, 6) is 0.591. The molecule has 5 heteroatoms. The second kappa shape index (κ2) is 6.14. The van der Waals surface area contributed by atoms with E-state index in [2.05, 4.69) is 17.5 Å². The normalized spacial score (nSPS) is 32.8. The van der Waals surface area contributed by atoms with Gasteiger partial charge in [-0.25, -0.2) is 4.90 Å². The molecule has 0 aromatic heterocycles. The fraction of sp³-hybridized carbons (Fsp3) is 0.320. The van der Waals surface area contributed by atoms with Crippen LogP contribution in [0.15, 0.2) is 60.7 Å². The van der Waals surface area contributed by atoms with Crippen molar-refractivity contribution in [2.24, 2.45) is 35.5 Å². The standard InChI is InChI=1S/C25H22N2O3/c1-13-4-2-6-15(10-13)26-23(28)14-5-3-7-16(11-14)27-24(29)21-17-8-9-18(20-12-19(17)20)22(21)25(27)30/h2-11,17-22H,12H2,1H3,(H,26,28)/t17-,18-,19-,20-,21-,22+/m0/s1. The second-order valence-electron chi connectivity index (χ2n) is 9.04. The van der Waals surface area contributed by atoms with Gasteiger partial charge in [-0.05, 0) is 72.9 Å². The lowest BCUT2D eigenvalue weighted by atomic mass is 9.63. The minimum atomic E-state index is -0.262. The molecule has 0 spiro atoms. The van der Waals surface area contributed by atoms with Gasteiger partial charge < -0.3 is 5.32 Å². The van der Waals surface area contributed by atoms with E-state index in [9.17, 15) is 14.4 Å². The quantitative estimate of drug-likeness (QED) is 0.632. The minimum absolute atomic E-state index is 0.106. The summed E-state index contributed by atoms with van der Waals surface area (Å²) in [6.07, 6.45) is 5.48. The molecule has 4 aliphatic carbocycles. The van der Waals surface area contributed by atoms with Gasteiger partial charge in [0.1, 0.15) is 0 Å². The van der Waals surface area contributed by atoms with E-state index >= 15 is 0 Å². The molecule has 6 atom stereocenters. The number of allylic oxidation sites excluding steroid dienone is 2. The average Bonchev–Trinajstić information content (AvgIpc) is 3.52. The molecule has 2 bridgehead atoms. The molecule has 30 heavy (non-hydrogen) atoms. The summed E-state index contributed by atoms with van der Waals surface area (Å²) in [7, 11) is 0. The molecule has 1 aliphatic heterocycles. The molecule has 7 rings (SSSR count). The van der Waals surface area contributed by atoms with Gasteiger partial charge in [0.05, 0.1) is 17.5 Å². The Kier molecular flexibility index (Phi) is 3.61. The van der Waals surface area contributed by atoms with Crippen LogP contribution in [0.2, 0.25) is 0 Å². The van der Waals surface area contributed by atoms with E-state index < -0.39 is 0 Å². The second-order valence-corrected chi connectivity index (χ2v) is 9.04. The zero-order valence-electron chi connectivity index (χ0n) is 16.6. The van der Waals surface area contributed by atoms with Crippen LogP contribution in [0, 0.1) is 42.4 Å². The molecule has 2 aromatic rings. The number of hydrogen-bond acceptors (Lipinski definition) is 3. The number of rotatable bonds is 3. The molecule has 1 saturated heterocycles. The third-order valence-electron chi connectivity index (χ3n) is 7.31. The first-order valence-electron chi connectivity index (χ1n) is 10.6. The summed E-state index contributed by atoms with van der Waals surface area (Å²) >= 11 is 0. The lowest BCUT2D eigenvalue weighted by Crippen LogP contribution is -2.40. The number of carbonyl (C=O) groups is 3. The number of imide groups is 1. The number of aryl methyl sites for hydroxylation is 1. The molecule has 5 nitrogen and oxygen atoms in total. The van der Waals surface area contributed by atoms with Crippen LogP contribution >= 0.6 is 0 Å². The summed E-state index contributed by atoms with van der Waals surface area (Å²) in [6.45, 7) is 1.96. The molecule has 0 radical (unpaired) electrons. The molecule has 2 saturated carbocycles. The lowest BCUT2D eigenvalue weighted by molar-refractivity contribution is -0.124. The number of hydrogen-bond donors (Lipinski definition) is 1. The van der Waals surface area contributed by atoms with Crippen LogP contribution in [0.1, 0.15) is 22.3 Å². The van der Waals surface area contributed by atoms with Crippen molar-refractivity contribution in [1.29, 1.82) is 0 Å². The predicted molar refractivity (Wildman–Crippen MR) is 113 cm³/mol. The van der Waals surface area contributed by atoms with Gasteiger partial charge in [0.25, 0.3) is 5.91 Å². The van der Waals surface area contributed by atoms with Gasteiger partial charge in [0.2, 0.25) is 11.8 Å². The number of nitrogens with one attached hydrogen (secondary N) is 1. The molecule has 1 heterocycles. The molecule has 1 N–H and O–H groups in total. The molecule has 3 amide bonds. The van der Waals surface area contributed by atoms with E-state index in [0.717, 1.165) is 12.0 Å². The van der Waals surface area contributed by atoms with Crippen molar-refractivity contribution in [3.63, 3.8) is 0 Å². The van der Waals surface area contributed by atoms with Gasteiger partial charge in [-0.1, -0.05) is 30.4 Å². The largest absolute Gasteiger partial charge is 0.322 e. The fourth-order valence-electron chi connectivity index (χ4n) is 5.92. The van der Waals surface area contributed by atoms with E-state index in [1.54, 1.807) is 24.3 Å². The lowest BCUT2D eigenvalue weighted by Gasteiger charge is -2.37. The Morgan fingerprint density at radius 1 is 0.933 bits per heavy atom. The number of benzene rings is 2. The number of carbonyl (C=O) groups excluding carboxylic acids is 3. The third kappa shape index (κ3) is 2.44. The molecule has 0 unspecified atom stereocenters. The number of anilines is 2. The first-order chi connectivity index (χ1) is 14.5. The molecule has 3 fully saturated rings. The first-order valence-corrected chi connectivity index (χ1v) is 10.6. The first kappa shape index (κ1) is 17.6. The maximum absolute atomic E-state index is 13.3. The Hall–Kier alpha value is -3.21. The smallest absolute Gasteiger partial charge is 0.255 e. The topological polar surface area (TPSA) is 66.5 Å². The maximum atomic E-state index is 13.3. The summed E-state index contributed by atoms with van der Waals surface area (Å²) in [4.78, 5) is 40.7. The number of nitrogens with zero attached hydrogens (tertiary/aromatic N) is 1. The van der Waals surface area contributed by atoms with Crippen LogP contribution in [-0.2, 0) is 9.59 Å². The van der Waals surface area contributed by atoms with Crippen molar-refractivity contribution in [1.82, 2.24) is 0 Å². The van der Waals surface area contributed by atoms with Crippen LogP contribution < -0.4 is 10.2 Å². The molecule has 150 valence electrons. The van der Waals surface area contributed by atoms with Gasteiger partial charge in [0.15, 0.2) is 0 Å². The predicted octanol–water partition coefficient (Wildman–Crippen LogP) is 3.80. The van der Waals surface area contributed by atoms with Crippen molar-refractivity contribution < 1.29 is 14.4 Å². The van der Waals surface area contributed by atoms with E-state index in [-0.39, 0.29) is 41.4 Å². The van der Waals surface area contributed by atoms with E-state index in [0.29, 0.717) is 28.8 Å². The molecular formula is C25H22N2O3. The van der Waals surface area contributed by atoms with Gasteiger partial charge in [-0.15, -0.1) is 0 Å². The van der Waals surface area contributed by atoms with E-state index in [1.807, 2.05) is 31.2 Å². The van der Waals surface area contributed by atoms with E-state index in [4.69, 9.17) is 0 Å². The van der Waals surface area contributed by atoms with Gasteiger partial charge in [0, 0.05) is 11.3 Å². The Bertz CT molecular complexity index is 1100. The van der Waals surface area contributed by atoms with Crippen LogP contribution in [0.5, 0.6) is 0 Å². The third-order valence-corrected chi connectivity index (χ3v) is 7.31. The Labute approximate surface area is 174 Å². The molecular weight excluding hydrogens is 376 g/mol. The highest BCUT2D eigenvalue weighted by Gasteiger charge is 2.67. The van der Waals surface area contributed by atoms with E-state index in [1.165, 1.54) is 4.90 Å². The Balaban J connectivity index is 1.29. The highest BCUT2D eigenvalue weighted by molar-refractivity contribution is 6.23. The van der Waals surface area contributed by atoms with Crippen LogP contribution in [0.4, 0.5) is 11.4 Å².